The highest BCUT2D eigenvalue weighted by Gasteiger charge is 2.28. The molecular formula is C22H26BrFN2O3S. The minimum Gasteiger partial charge on any atom is -0.591 e. The summed E-state index contributed by atoms with van der Waals surface area (Å²) in [5, 5.41) is 9.76. The first kappa shape index (κ1) is 24.4. The van der Waals surface area contributed by atoms with Gasteiger partial charge in [0.05, 0.1) is 6.04 Å². The summed E-state index contributed by atoms with van der Waals surface area (Å²) in [7, 11) is 0. The van der Waals surface area contributed by atoms with Crippen LogP contribution in [0.5, 0.6) is 0 Å². The van der Waals surface area contributed by atoms with E-state index in [2.05, 4.69) is 20.3 Å². The van der Waals surface area contributed by atoms with E-state index in [9.17, 15) is 18.8 Å². The van der Waals surface area contributed by atoms with Crippen LogP contribution in [0, 0.1) is 5.82 Å². The maximum absolute atomic E-state index is 13.4. The van der Waals surface area contributed by atoms with Crippen molar-refractivity contribution in [1.82, 2.24) is 4.90 Å². The maximum Gasteiger partial charge on any atom is 0.407 e. The van der Waals surface area contributed by atoms with Crippen molar-refractivity contribution < 1.29 is 18.8 Å². The lowest BCUT2D eigenvalue weighted by molar-refractivity contribution is 0.130. The van der Waals surface area contributed by atoms with Crippen molar-refractivity contribution in [2.75, 3.05) is 6.54 Å². The van der Waals surface area contributed by atoms with Crippen LogP contribution in [-0.4, -0.2) is 37.7 Å². The number of carbonyl (C=O) groups is 1. The van der Waals surface area contributed by atoms with Gasteiger partial charge >= 0.3 is 6.09 Å². The van der Waals surface area contributed by atoms with E-state index in [4.69, 9.17) is 0 Å². The van der Waals surface area contributed by atoms with Crippen LogP contribution in [0.4, 0.5) is 9.18 Å². The summed E-state index contributed by atoms with van der Waals surface area (Å²) in [4.78, 5) is 13.2. The molecule has 0 radical (unpaired) electrons. The van der Waals surface area contributed by atoms with Gasteiger partial charge in [0.2, 0.25) is 0 Å². The van der Waals surface area contributed by atoms with Crippen LogP contribution in [-0.2, 0) is 11.4 Å². The largest absolute Gasteiger partial charge is 0.591 e. The quantitative estimate of drug-likeness (QED) is 0.378. The van der Waals surface area contributed by atoms with Crippen LogP contribution in [0.25, 0.3) is 0 Å². The molecule has 5 nitrogen and oxygen atoms in total. The number of halogens is 2. The van der Waals surface area contributed by atoms with Crippen molar-refractivity contribution in [2.45, 2.75) is 44.9 Å². The molecule has 1 N–H and O–H groups in total. The average molecular weight is 497 g/mol. The summed E-state index contributed by atoms with van der Waals surface area (Å²) in [6, 6.07) is 12.8. The van der Waals surface area contributed by atoms with Crippen LogP contribution in [0.3, 0.4) is 0 Å². The third-order valence-corrected chi connectivity index (χ3v) is 6.51. The Balaban J connectivity index is 2.28. The number of rotatable bonds is 7. The summed E-state index contributed by atoms with van der Waals surface area (Å²) < 4.78 is 30.7. The van der Waals surface area contributed by atoms with Crippen LogP contribution in [0.2, 0.25) is 0 Å². The minimum absolute atomic E-state index is 0.157. The van der Waals surface area contributed by atoms with Crippen molar-refractivity contribution >= 4 is 39.1 Å². The zero-order valence-electron chi connectivity index (χ0n) is 17.4. The first-order valence-corrected chi connectivity index (χ1v) is 11.4. The highest BCUT2D eigenvalue weighted by atomic mass is 79.9. The van der Waals surface area contributed by atoms with Gasteiger partial charge in [-0.1, -0.05) is 44.6 Å². The van der Waals surface area contributed by atoms with E-state index in [0.717, 1.165) is 10.0 Å². The second kappa shape index (κ2) is 10.4. The van der Waals surface area contributed by atoms with Gasteiger partial charge in [-0.25, -0.2) is 9.18 Å². The Kier molecular flexibility index (Phi) is 8.46. The second-order valence-corrected chi connectivity index (χ2v) is 10.7. The molecule has 2 atom stereocenters. The predicted octanol–water partition coefficient (Wildman–Crippen LogP) is 5.97. The molecule has 0 heterocycles. The Morgan fingerprint density at radius 2 is 1.77 bits per heavy atom. The highest BCUT2D eigenvalue weighted by molar-refractivity contribution is 9.10. The van der Waals surface area contributed by atoms with Crippen molar-refractivity contribution in [2.24, 2.45) is 4.40 Å². The van der Waals surface area contributed by atoms with Gasteiger partial charge in [-0.15, -0.1) is 0 Å². The smallest absolute Gasteiger partial charge is 0.407 e. The normalized spacial score (nSPS) is 14.3. The number of amides is 1. The number of benzene rings is 2. The summed E-state index contributed by atoms with van der Waals surface area (Å²) in [5.74, 6) is -0.383. The fraction of sp³-hybridized carbons (Fsp3) is 0.364. The summed E-state index contributed by atoms with van der Waals surface area (Å²) in [6.07, 6.45) is -0.804. The summed E-state index contributed by atoms with van der Waals surface area (Å²) in [5.41, 5.74) is 1.97. The van der Waals surface area contributed by atoms with E-state index < -0.39 is 22.2 Å². The lowest BCUT2D eigenvalue weighted by Crippen LogP contribution is -2.34. The Hall–Kier alpha value is -1.90. The number of hydrogen-bond acceptors (Lipinski definition) is 3. The third kappa shape index (κ3) is 6.82. The summed E-state index contributed by atoms with van der Waals surface area (Å²) in [6.45, 7) is 7.42. The van der Waals surface area contributed by atoms with Gasteiger partial charge in [-0.2, -0.15) is 0 Å². The first-order chi connectivity index (χ1) is 14.0. The molecule has 1 amide bonds. The molecule has 0 aliphatic heterocycles. The van der Waals surface area contributed by atoms with Gasteiger partial charge in [0.15, 0.2) is 0 Å². The molecule has 0 fully saturated rings. The SMILES string of the molecule is C[C@@H](c1ccc(Br)cc1)N(CCC(=N[S+]([O-])C(C)(C)C)c1ccc(F)cc1)C(=O)O. The van der Waals surface area contributed by atoms with Crippen LogP contribution in [0.1, 0.15) is 51.3 Å². The Labute approximate surface area is 188 Å². The van der Waals surface area contributed by atoms with Crippen LogP contribution in [0.15, 0.2) is 57.4 Å². The fourth-order valence-corrected chi connectivity index (χ4v) is 3.66. The topological polar surface area (TPSA) is 76.0 Å². The second-order valence-electron chi connectivity index (χ2n) is 7.86. The van der Waals surface area contributed by atoms with E-state index in [-0.39, 0.29) is 24.8 Å². The van der Waals surface area contributed by atoms with Crippen LogP contribution >= 0.6 is 15.9 Å². The monoisotopic (exact) mass is 496 g/mol. The molecule has 0 saturated carbocycles. The predicted molar refractivity (Wildman–Crippen MR) is 123 cm³/mol. The first-order valence-electron chi connectivity index (χ1n) is 9.49. The highest BCUT2D eigenvalue weighted by Crippen LogP contribution is 2.24. The molecule has 8 heteroatoms. The summed E-state index contributed by atoms with van der Waals surface area (Å²) >= 11 is 1.85. The molecule has 0 bridgehead atoms. The molecule has 0 spiro atoms. The molecule has 0 aromatic heterocycles. The number of hydrogen-bond donors (Lipinski definition) is 1. The van der Waals surface area contributed by atoms with Crippen molar-refractivity contribution in [3.05, 3.63) is 69.9 Å². The van der Waals surface area contributed by atoms with E-state index in [1.165, 1.54) is 17.0 Å². The number of nitrogens with zero attached hydrogens (tertiary/aromatic N) is 2. The van der Waals surface area contributed by atoms with Gasteiger partial charge in [-0.3, -0.25) is 0 Å². The van der Waals surface area contributed by atoms with Gasteiger partial charge in [0.1, 0.15) is 27.6 Å². The minimum atomic E-state index is -1.52. The Bertz CT molecular complexity index is 883. The maximum atomic E-state index is 13.4. The molecule has 1 unspecified atom stereocenters. The van der Waals surface area contributed by atoms with Crippen molar-refractivity contribution in [3.63, 3.8) is 0 Å². The average Bonchev–Trinajstić information content (AvgIpc) is 2.67. The van der Waals surface area contributed by atoms with Crippen molar-refractivity contribution in [3.8, 4) is 0 Å². The molecule has 0 aliphatic rings. The van der Waals surface area contributed by atoms with Crippen molar-refractivity contribution in [1.29, 1.82) is 0 Å². The van der Waals surface area contributed by atoms with E-state index in [1.54, 1.807) is 12.1 Å². The van der Waals surface area contributed by atoms with E-state index in [0.29, 0.717) is 11.3 Å². The van der Waals surface area contributed by atoms with Crippen LogP contribution < -0.4 is 0 Å². The lowest BCUT2D eigenvalue weighted by Gasteiger charge is -2.27. The van der Waals surface area contributed by atoms with Gasteiger partial charge in [0, 0.05) is 23.0 Å². The van der Waals surface area contributed by atoms with E-state index >= 15 is 0 Å². The molecule has 0 aliphatic carbocycles. The standard InChI is InChI=1S/C22H26BrFN2O3S/c1-15(16-5-9-18(23)10-6-16)26(21(27)28)14-13-20(25-30(29)22(2,3)4)17-7-11-19(24)12-8-17/h5-12,15H,13-14H2,1-4H3,(H,27,28)/t15-,30?/m0/s1. The Morgan fingerprint density at radius 1 is 1.20 bits per heavy atom. The Morgan fingerprint density at radius 3 is 2.27 bits per heavy atom. The zero-order chi connectivity index (χ0) is 22.5. The zero-order valence-corrected chi connectivity index (χ0v) is 19.8. The third-order valence-electron chi connectivity index (χ3n) is 4.55. The fourth-order valence-electron chi connectivity index (χ4n) is 2.72. The lowest BCUT2D eigenvalue weighted by atomic mass is 10.0. The van der Waals surface area contributed by atoms with E-state index in [1.807, 2.05) is 52.0 Å². The van der Waals surface area contributed by atoms with Gasteiger partial charge in [0.25, 0.3) is 0 Å². The van der Waals surface area contributed by atoms with Gasteiger partial charge in [-0.05, 0) is 57.5 Å². The number of carboxylic acid groups (broad SMARTS) is 1. The molecular weight excluding hydrogens is 471 g/mol. The molecule has 2 aromatic carbocycles. The molecule has 2 aromatic rings. The molecule has 30 heavy (non-hydrogen) atoms. The molecule has 0 saturated heterocycles. The van der Waals surface area contributed by atoms with Gasteiger partial charge < -0.3 is 14.6 Å². The molecule has 162 valence electrons. The molecule has 2 rings (SSSR count).